The van der Waals surface area contributed by atoms with E-state index in [1.54, 1.807) is 0 Å². The molecule has 1 unspecified atom stereocenters. The van der Waals surface area contributed by atoms with Crippen molar-refractivity contribution in [3.63, 3.8) is 0 Å². The van der Waals surface area contributed by atoms with E-state index in [1.807, 2.05) is 15.8 Å². The smallest absolute Gasteiger partial charge is 0.228 e. The fourth-order valence-corrected chi connectivity index (χ4v) is 3.87. The minimum absolute atomic E-state index is 0.144. The van der Waals surface area contributed by atoms with Crippen LogP contribution < -0.4 is 0 Å². The van der Waals surface area contributed by atoms with Gasteiger partial charge in [0, 0.05) is 57.2 Å². The maximum atomic E-state index is 12.5. The molecule has 0 aliphatic carbocycles. The average Bonchev–Trinajstić information content (AvgIpc) is 3.31. The topological polar surface area (TPSA) is 68.4 Å². The van der Waals surface area contributed by atoms with E-state index in [0.29, 0.717) is 32.7 Å². The molecule has 2 aromatic heterocycles. The Hall–Kier alpha value is -2.19. The number of fused-ring (bicyclic) bond motifs is 1. The van der Waals surface area contributed by atoms with Crippen LogP contribution in [0.3, 0.4) is 0 Å². The van der Waals surface area contributed by atoms with Crippen LogP contribution in [0.2, 0.25) is 0 Å². The van der Waals surface area contributed by atoms with Crippen LogP contribution >= 0.6 is 0 Å². The summed E-state index contributed by atoms with van der Waals surface area (Å²) < 4.78 is 9.49. The maximum absolute atomic E-state index is 12.5. The largest absolute Gasteiger partial charge is 0.378 e. The van der Waals surface area contributed by atoms with Gasteiger partial charge in [0.15, 0.2) is 0 Å². The monoisotopic (exact) mass is 372 g/mol. The van der Waals surface area contributed by atoms with Crippen LogP contribution in [0.5, 0.6) is 0 Å². The SMILES string of the molecule is CCn1cc(CN2CCn3cc(CC(=O)N4CCOCC4)nc3C2C)cn1. The third kappa shape index (κ3) is 3.91. The lowest BCUT2D eigenvalue weighted by Gasteiger charge is -2.33. The molecule has 0 bridgehead atoms. The van der Waals surface area contributed by atoms with E-state index in [4.69, 9.17) is 9.72 Å². The molecule has 0 radical (unpaired) electrons. The van der Waals surface area contributed by atoms with Gasteiger partial charge in [-0.1, -0.05) is 0 Å². The lowest BCUT2D eigenvalue weighted by atomic mass is 10.2. The number of rotatable bonds is 5. The van der Waals surface area contributed by atoms with Crippen molar-refractivity contribution in [2.75, 3.05) is 32.8 Å². The Morgan fingerprint density at radius 2 is 2.04 bits per heavy atom. The minimum atomic E-state index is 0.144. The van der Waals surface area contributed by atoms with E-state index in [2.05, 4.69) is 40.8 Å². The van der Waals surface area contributed by atoms with Crippen molar-refractivity contribution in [3.05, 3.63) is 35.7 Å². The van der Waals surface area contributed by atoms with Crippen molar-refractivity contribution >= 4 is 5.91 Å². The fraction of sp³-hybridized carbons (Fsp3) is 0.632. The molecule has 0 aromatic carbocycles. The van der Waals surface area contributed by atoms with Gasteiger partial charge in [0.25, 0.3) is 0 Å². The van der Waals surface area contributed by atoms with E-state index >= 15 is 0 Å². The summed E-state index contributed by atoms with van der Waals surface area (Å²) in [6, 6.07) is 0.218. The first-order chi connectivity index (χ1) is 13.1. The standard InChI is InChI=1S/C19H28N6O2/c1-3-25-13-16(11-20-25)12-23-4-5-24-14-17(21-19(24)15(23)2)10-18(26)22-6-8-27-9-7-22/h11,13-15H,3-10,12H2,1-2H3. The quantitative estimate of drug-likeness (QED) is 0.786. The van der Waals surface area contributed by atoms with Crippen LogP contribution in [0.15, 0.2) is 18.6 Å². The zero-order valence-corrected chi connectivity index (χ0v) is 16.2. The Bertz CT molecular complexity index is 792. The third-order valence-corrected chi connectivity index (χ3v) is 5.50. The second kappa shape index (κ2) is 7.82. The summed E-state index contributed by atoms with van der Waals surface area (Å²) >= 11 is 0. The molecule has 0 N–H and O–H groups in total. The summed E-state index contributed by atoms with van der Waals surface area (Å²) in [6.45, 7) is 10.5. The van der Waals surface area contributed by atoms with Crippen molar-refractivity contribution < 1.29 is 9.53 Å². The normalized spacial score (nSPS) is 20.7. The highest BCUT2D eigenvalue weighted by molar-refractivity contribution is 5.78. The zero-order chi connectivity index (χ0) is 18.8. The van der Waals surface area contributed by atoms with Gasteiger partial charge < -0.3 is 14.2 Å². The number of morpholine rings is 1. The number of amides is 1. The van der Waals surface area contributed by atoms with Crippen molar-refractivity contribution in [3.8, 4) is 0 Å². The Morgan fingerprint density at radius 3 is 2.78 bits per heavy atom. The molecule has 4 rings (SSSR count). The Balaban J connectivity index is 1.42. The summed E-state index contributed by atoms with van der Waals surface area (Å²) in [6.07, 6.45) is 6.48. The fourth-order valence-electron chi connectivity index (χ4n) is 3.87. The van der Waals surface area contributed by atoms with Gasteiger partial charge in [0.05, 0.1) is 37.6 Å². The number of hydrogen-bond acceptors (Lipinski definition) is 5. The predicted molar refractivity (Wildman–Crippen MR) is 100 cm³/mol. The van der Waals surface area contributed by atoms with Crippen LogP contribution in [-0.2, 0) is 35.6 Å². The van der Waals surface area contributed by atoms with Gasteiger partial charge in [-0.25, -0.2) is 4.98 Å². The first-order valence-electron chi connectivity index (χ1n) is 9.81. The van der Waals surface area contributed by atoms with Crippen LogP contribution in [0.25, 0.3) is 0 Å². The average molecular weight is 372 g/mol. The molecule has 146 valence electrons. The molecule has 0 saturated carbocycles. The molecule has 0 spiro atoms. The first-order valence-corrected chi connectivity index (χ1v) is 9.81. The predicted octanol–water partition coefficient (Wildman–Crippen LogP) is 1.08. The van der Waals surface area contributed by atoms with E-state index < -0.39 is 0 Å². The van der Waals surface area contributed by atoms with E-state index in [0.717, 1.165) is 37.7 Å². The molecule has 1 amide bonds. The van der Waals surface area contributed by atoms with Gasteiger partial charge in [-0.2, -0.15) is 5.10 Å². The number of carbonyl (C=O) groups excluding carboxylic acids is 1. The summed E-state index contributed by atoms with van der Waals surface area (Å²) in [7, 11) is 0. The molecule has 27 heavy (non-hydrogen) atoms. The number of nitrogens with zero attached hydrogens (tertiary/aromatic N) is 6. The van der Waals surface area contributed by atoms with Crippen LogP contribution in [0.4, 0.5) is 0 Å². The van der Waals surface area contributed by atoms with Crippen molar-refractivity contribution in [1.82, 2.24) is 29.1 Å². The van der Waals surface area contributed by atoms with Crippen molar-refractivity contribution in [1.29, 1.82) is 0 Å². The third-order valence-electron chi connectivity index (χ3n) is 5.50. The van der Waals surface area contributed by atoms with Gasteiger partial charge in [0.2, 0.25) is 5.91 Å². The molecule has 2 aliphatic rings. The molecule has 4 heterocycles. The number of hydrogen-bond donors (Lipinski definition) is 0. The van der Waals surface area contributed by atoms with E-state index in [1.165, 1.54) is 5.56 Å². The molecule has 2 aliphatic heterocycles. The summed E-state index contributed by atoms with van der Waals surface area (Å²) in [5.41, 5.74) is 2.10. The summed E-state index contributed by atoms with van der Waals surface area (Å²) in [5, 5.41) is 4.37. The van der Waals surface area contributed by atoms with Gasteiger partial charge in [-0.3, -0.25) is 14.4 Å². The highest BCUT2D eigenvalue weighted by Crippen LogP contribution is 2.26. The molecule has 1 fully saturated rings. The van der Waals surface area contributed by atoms with E-state index in [9.17, 15) is 4.79 Å². The minimum Gasteiger partial charge on any atom is -0.378 e. The molecule has 8 heteroatoms. The molecule has 1 saturated heterocycles. The zero-order valence-electron chi connectivity index (χ0n) is 16.2. The van der Waals surface area contributed by atoms with Crippen LogP contribution in [0.1, 0.15) is 37.0 Å². The number of aromatic nitrogens is 4. The van der Waals surface area contributed by atoms with Gasteiger partial charge >= 0.3 is 0 Å². The first kappa shape index (κ1) is 18.2. The van der Waals surface area contributed by atoms with Gasteiger partial charge in [-0.05, 0) is 13.8 Å². The number of ether oxygens (including phenoxy) is 1. The molecular weight excluding hydrogens is 344 g/mol. The lowest BCUT2D eigenvalue weighted by Crippen LogP contribution is -2.41. The van der Waals surface area contributed by atoms with Crippen molar-refractivity contribution in [2.24, 2.45) is 0 Å². The molecule has 1 atom stereocenters. The van der Waals surface area contributed by atoms with Gasteiger partial charge in [0.1, 0.15) is 5.82 Å². The Morgan fingerprint density at radius 1 is 1.22 bits per heavy atom. The number of carbonyl (C=O) groups is 1. The van der Waals surface area contributed by atoms with E-state index in [-0.39, 0.29) is 11.9 Å². The lowest BCUT2D eigenvalue weighted by molar-refractivity contribution is -0.134. The number of aryl methyl sites for hydroxylation is 1. The van der Waals surface area contributed by atoms with Crippen LogP contribution in [0, 0.1) is 0 Å². The Labute approximate surface area is 159 Å². The van der Waals surface area contributed by atoms with Crippen LogP contribution in [-0.4, -0.2) is 67.9 Å². The highest BCUT2D eigenvalue weighted by Gasteiger charge is 2.27. The second-order valence-corrected chi connectivity index (χ2v) is 7.30. The summed E-state index contributed by atoms with van der Waals surface area (Å²) in [4.78, 5) is 21.6. The molecular formula is C19H28N6O2. The number of imidazole rings is 1. The second-order valence-electron chi connectivity index (χ2n) is 7.30. The molecule has 2 aromatic rings. The van der Waals surface area contributed by atoms with Crippen molar-refractivity contribution in [2.45, 2.75) is 45.9 Å². The Kier molecular flexibility index (Phi) is 5.27. The van der Waals surface area contributed by atoms with Gasteiger partial charge in [-0.15, -0.1) is 0 Å². The maximum Gasteiger partial charge on any atom is 0.228 e. The highest BCUT2D eigenvalue weighted by atomic mass is 16.5. The molecule has 8 nitrogen and oxygen atoms in total. The summed E-state index contributed by atoms with van der Waals surface area (Å²) in [5.74, 6) is 1.19.